The van der Waals surface area contributed by atoms with Crippen LogP contribution in [0, 0.1) is 0 Å². The third-order valence-electron chi connectivity index (χ3n) is 3.34. The maximum absolute atomic E-state index is 12.1. The number of hydrogen-bond acceptors (Lipinski definition) is 3. The highest BCUT2D eigenvalue weighted by Crippen LogP contribution is 2.19. The minimum atomic E-state index is -0.958. The van der Waals surface area contributed by atoms with Crippen LogP contribution in [-0.4, -0.2) is 41.0 Å². The molecule has 0 heterocycles. The summed E-state index contributed by atoms with van der Waals surface area (Å²) in [5, 5.41) is 12.1. The van der Waals surface area contributed by atoms with Crippen LogP contribution < -0.4 is 5.32 Å². The molecule has 6 heteroatoms. The van der Waals surface area contributed by atoms with Gasteiger partial charge in [-0.2, -0.15) is 0 Å². The van der Waals surface area contributed by atoms with Gasteiger partial charge in [0.05, 0.1) is 11.6 Å². The number of carbonyl (C=O) groups excluding carboxylic acids is 1. The second kappa shape index (κ2) is 8.14. The van der Waals surface area contributed by atoms with Crippen molar-refractivity contribution in [3.05, 3.63) is 33.8 Å². The molecular weight excluding hydrogens is 336 g/mol. The van der Waals surface area contributed by atoms with E-state index in [1.165, 1.54) is 0 Å². The van der Waals surface area contributed by atoms with Crippen molar-refractivity contribution in [3.63, 3.8) is 0 Å². The van der Waals surface area contributed by atoms with Gasteiger partial charge in [0.2, 0.25) is 5.91 Å². The molecule has 21 heavy (non-hydrogen) atoms. The summed E-state index contributed by atoms with van der Waals surface area (Å²) in [6, 6.07) is 4.59. The fourth-order valence-electron chi connectivity index (χ4n) is 1.98. The van der Waals surface area contributed by atoms with Gasteiger partial charge in [0.15, 0.2) is 0 Å². The quantitative estimate of drug-likeness (QED) is 0.787. The van der Waals surface area contributed by atoms with E-state index in [1.807, 2.05) is 20.8 Å². The molecule has 1 atom stereocenters. The summed E-state index contributed by atoms with van der Waals surface area (Å²) in [6.45, 7) is 7.62. The lowest BCUT2D eigenvalue weighted by Gasteiger charge is -2.23. The van der Waals surface area contributed by atoms with E-state index in [2.05, 4.69) is 21.2 Å². The van der Waals surface area contributed by atoms with E-state index in [4.69, 9.17) is 5.11 Å². The van der Waals surface area contributed by atoms with Gasteiger partial charge in [-0.15, -0.1) is 0 Å². The summed E-state index contributed by atoms with van der Waals surface area (Å²) in [6.07, 6.45) is 0. The molecule has 0 radical (unpaired) electrons. The van der Waals surface area contributed by atoms with Crippen LogP contribution in [0.2, 0.25) is 0 Å². The van der Waals surface area contributed by atoms with Crippen molar-refractivity contribution < 1.29 is 14.7 Å². The van der Waals surface area contributed by atoms with Crippen molar-refractivity contribution in [3.8, 4) is 0 Å². The highest BCUT2D eigenvalue weighted by atomic mass is 79.9. The maximum atomic E-state index is 12.1. The monoisotopic (exact) mass is 356 g/mol. The van der Waals surface area contributed by atoms with Crippen LogP contribution in [0.1, 0.15) is 36.7 Å². The van der Waals surface area contributed by atoms with E-state index in [0.717, 1.165) is 10.0 Å². The predicted octanol–water partition coefficient (Wildman–Crippen LogP) is 2.49. The van der Waals surface area contributed by atoms with Gasteiger partial charge in [0.25, 0.3) is 0 Å². The molecule has 1 rings (SSSR count). The Balaban J connectivity index is 2.67. The molecule has 0 aliphatic rings. The lowest BCUT2D eigenvalue weighted by molar-refractivity contribution is -0.132. The summed E-state index contributed by atoms with van der Waals surface area (Å²) >= 11 is 3.36. The number of amides is 1. The molecule has 5 nitrogen and oxygen atoms in total. The minimum absolute atomic E-state index is 0.0679. The van der Waals surface area contributed by atoms with Gasteiger partial charge in [0, 0.05) is 24.1 Å². The Labute approximate surface area is 133 Å². The second-order valence-electron chi connectivity index (χ2n) is 4.72. The summed E-state index contributed by atoms with van der Waals surface area (Å²) < 4.78 is 0.720. The zero-order chi connectivity index (χ0) is 16.0. The van der Waals surface area contributed by atoms with Crippen LogP contribution >= 0.6 is 15.9 Å². The van der Waals surface area contributed by atoms with Gasteiger partial charge < -0.3 is 15.3 Å². The number of carboxylic acid groups (broad SMARTS) is 1. The fraction of sp³-hybridized carbons (Fsp3) is 0.467. The van der Waals surface area contributed by atoms with Crippen molar-refractivity contribution in [2.24, 2.45) is 0 Å². The first kappa shape index (κ1) is 17.7. The molecule has 0 bridgehead atoms. The van der Waals surface area contributed by atoms with Gasteiger partial charge >= 0.3 is 5.97 Å². The Morgan fingerprint density at radius 2 is 1.95 bits per heavy atom. The molecule has 0 spiro atoms. The Bertz CT molecular complexity index is 516. The molecule has 0 saturated carbocycles. The van der Waals surface area contributed by atoms with Gasteiger partial charge in [-0.05, 0) is 38.5 Å². The predicted molar refractivity (Wildman–Crippen MR) is 85.3 cm³/mol. The first-order valence-corrected chi connectivity index (χ1v) is 7.73. The average molecular weight is 357 g/mol. The van der Waals surface area contributed by atoms with Gasteiger partial charge in [0.1, 0.15) is 0 Å². The van der Waals surface area contributed by atoms with Gasteiger partial charge in [-0.25, -0.2) is 4.79 Å². The van der Waals surface area contributed by atoms with Crippen LogP contribution in [0.4, 0.5) is 0 Å². The van der Waals surface area contributed by atoms with Crippen LogP contribution in [0.25, 0.3) is 0 Å². The largest absolute Gasteiger partial charge is 0.478 e. The van der Waals surface area contributed by atoms with Crippen molar-refractivity contribution in [1.29, 1.82) is 0 Å². The van der Waals surface area contributed by atoms with Crippen LogP contribution in [-0.2, 0) is 11.3 Å². The lowest BCUT2D eigenvalue weighted by atomic mass is 10.1. The van der Waals surface area contributed by atoms with E-state index in [1.54, 1.807) is 23.1 Å². The third-order valence-corrected chi connectivity index (χ3v) is 4.08. The van der Waals surface area contributed by atoms with Crippen molar-refractivity contribution in [2.75, 3.05) is 13.1 Å². The number of aromatic carboxylic acids is 1. The molecule has 1 amide bonds. The summed E-state index contributed by atoms with van der Waals surface area (Å²) in [5.74, 6) is -0.890. The van der Waals surface area contributed by atoms with E-state index < -0.39 is 5.97 Å². The molecular formula is C15H21BrN2O3. The summed E-state index contributed by atoms with van der Waals surface area (Å²) in [5.41, 5.74) is 1.15. The first-order valence-electron chi connectivity index (χ1n) is 6.94. The van der Waals surface area contributed by atoms with E-state index >= 15 is 0 Å². The van der Waals surface area contributed by atoms with Gasteiger partial charge in [-0.3, -0.25) is 4.79 Å². The first-order chi connectivity index (χ1) is 9.90. The number of carbonyl (C=O) groups is 2. The lowest BCUT2D eigenvalue weighted by Crippen LogP contribution is -2.44. The molecule has 1 aromatic carbocycles. The second-order valence-corrected chi connectivity index (χ2v) is 5.58. The van der Waals surface area contributed by atoms with E-state index in [9.17, 15) is 9.59 Å². The summed E-state index contributed by atoms with van der Waals surface area (Å²) in [4.78, 5) is 24.8. The molecule has 1 aromatic rings. The van der Waals surface area contributed by atoms with Crippen molar-refractivity contribution in [1.82, 2.24) is 10.2 Å². The van der Waals surface area contributed by atoms with E-state index in [-0.39, 0.29) is 17.5 Å². The zero-order valence-corrected chi connectivity index (χ0v) is 14.1. The van der Waals surface area contributed by atoms with Crippen LogP contribution in [0.5, 0.6) is 0 Å². The highest BCUT2D eigenvalue weighted by Gasteiger charge is 2.17. The smallest absolute Gasteiger partial charge is 0.335 e. The Hall–Kier alpha value is -1.40. The minimum Gasteiger partial charge on any atom is -0.478 e. The molecule has 0 aromatic heterocycles. The average Bonchev–Trinajstić information content (AvgIpc) is 2.46. The molecule has 0 aliphatic carbocycles. The number of carboxylic acids is 1. The standard InChI is InChI=1S/C15H21BrN2O3/c1-4-18(5-2)14(19)10(3)17-9-12-7-6-11(15(20)21)8-13(12)16/h6-8,10,17H,4-5,9H2,1-3H3,(H,20,21). The Kier molecular flexibility index (Phi) is 6.84. The number of rotatable bonds is 7. The summed E-state index contributed by atoms with van der Waals surface area (Å²) in [7, 11) is 0. The van der Waals surface area contributed by atoms with Gasteiger partial charge in [-0.1, -0.05) is 22.0 Å². The normalized spacial score (nSPS) is 12.0. The fourth-order valence-corrected chi connectivity index (χ4v) is 2.50. The number of nitrogens with zero attached hydrogens (tertiary/aromatic N) is 1. The number of halogens is 1. The van der Waals surface area contributed by atoms with Crippen LogP contribution in [0.15, 0.2) is 22.7 Å². The van der Waals surface area contributed by atoms with Crippen molar-refractivity contribution in [2.45, 2.75) is 33.4 Å². The third kappa shape index (κ3) is 4.82. The number of benzene rings is 1. The zero-order valence-electron chi connectivity index (χ0n) is 12.5. The maximum Gasteiger partial charge on any atom is 0.335 e. The number of hydrogen-bond donors (Lipinski definition) is 2. The molecule has 1 unspecified atom stereocenters. The van der Waals surface area contributed by atoms with Crippen LogP contribution in [0.3, 0.4) is 0 Å². The Morgan fingerprint density at radius 1 is 1.33 bits per heavy atom. The Morgan fingerprint density at radius 3 is 2.43 bits per heavy atom. The topological polar surface area (TPSA) is 69.6 Å². The number of likely N-dealkylation sites (N-methyl/N-ethyl adjacent to an activating group) is 1. The molecule has 0 aliphatic heterocycles. The molecule has 2 N–H and O–H groups in total. The molecule has 0 saturated heterocycles. The van der Waals surface area contributed by atoms with E-state index in [0.29, 0.717) is 19.6 Å². The molecule has 0 fully saturated rings. The molecule has 116 valence electrons. The number of nitrogens with one attached hydrogen (secondary N) is 1. The van der Waals surface area contributed by atoms with Crippen molar-refractivity contribution >= 4 is 27.8 Å². The SMILES string of the molecule is CCN(CC)C(=O)C(C)NCc1ccc(C(=O)O)cc1Br. The highest BCUT2D eigenvalue weighted by molar-refractivity contribution is 9.10.